The lowest BCUT2D eigenvalue weighted by Gasteiger charge is -2.29. The third-order valence-electron chi connectivity index (χ3n) is 3.89. The second-order valence-electron chi connectivity index (χ2n) is 5.77. The van der Waals surface area contributed by atoms with Crippen LogP contribution in [0.5, 0.6) is 5.75 Å². The van der Waals surface area contributed by atoms with Crippen LogP contribution in [0.15, 0.2) is 30.3 Å². The Morgan fingerprint density at radius 1 is 1.30 bits per heavy atom. The van der Waals surface area contributed by atoms with Crippen LogP contribution in [0.1, 0.15) is 45.4 Å². The molecule has 23 heavy (non-hydrogen) atoms. The lowest BCUT2D eigenvalue weighted by molar-refractivity contribution is -0.150. The number of nitrogens with one attached hydrogen (secondary N) is 1. The summed E-state index contributed by atoms with van der Waals surface area (Å²) in [4.78, 5) is 12.5. The number of unbranched alkanes of at least 4 members (excludes halogenated alkanes) is 1. The Bertz CT molecular complexity index is 560. The van der Waals surface area contributed by atoms with Crippen LogP contribution in [-0.2, 0) is 14.1 Å². The van der Waals surface area contributed by atoms with Crippen molar-refractivity contribution in [1.82, 2.24) is 5.09 Å². The average Bonchev–Trinajstić information content (AvgIpc) is 2.97. The summed E-state index contributed by atoms with van der Waals surface area (Å²) in [6.45, 7) is -1.31. The summed E-state index contributed by atoms with van der Waals surface area (Å²) < 4.78 is 23.3. The van der Waals surface area contributed by atoms with Gasteiger partial charge < -0.3 is 9.26 Å². The van der Waals surface area contributed by atoms with Gasteiger partial charge in [-0.2, -0.15) is 0 Å². The first-order valence-corrected chi connectivity index (χ1v) is 10.5. The van der Waals surface area contributed by atoms with E-state index in [2.05, 4.69) is 5.09 Å². The number of rotatable bonds is 8. The van der Waals surface area contributed by atoms with Gasteiger partial charge in [0.25, 0.3) is 0 Å². The average molecular weight is 360 g/mol. The molecule has 1 saturated carbocycles. The third kappa shape index (κ3) is 5.23. The van der Waals surface area contributed by atoms with Gasteiger partial charge in [0, 0.05) is 11.2 Å². The second-order valence-corrected chi connectivity index (χ2v) is 8.48. The number of carbonyl (C=O) groups excluding carboxylic acids is 1. The molecule has 1 aliphatic rings. The quantitative estimate of drug-likeness (QED) is 0.415. The molecule has 128 valence electrons. The predicted octanol–water partition coefficient (Wildman–Crippen LogP) is 4.66. The van der Waals surface area contributed by atoms with E-state index in [0.29, 0.717) is 25.2 Å². The minimum Gasteiger partial charge on any atom is -0.464 e. The van der Waals surface area contributed by atoms with Crippen molar-refractivity contribution in [2.45, 2.75) is 51.0 Å². The van der Waals surface area contributed by atoms with Crippen molar-refractivity contribution >= 4 is 24.1 Å². The van der Waals surface area contributed by atoms with Crippen LogP contribution >= 0.6 is 18.1 Å². The minimum absolute atomic E-state index is 0.366. The molecular formula is C16H23ClNO4P. The Kier molecular flexibility index (Phi) is 6.51. The highest BCUT2D eigenvalue weighted by atomic mass is 35.7. The number of hydrogen-bond acceptors (Lipinski definition) is 4. The molecule has 1 atom stereocenters. The highest BCUT2D eigenvalue weighted by Crippen LogP contribution is 2.52. The topological polar surface area (TPSA) is 64.6 Å². The molecule has 0 aliphatic heterocycles. The molecule has 2 rings (SSSR count). The number of ether oxygens (including phenoxy) is 1. The first-order chi connectivity index (χ1) is 11.0. The van der Waals surface area contributed by atoms with E-state index in [0.717, 1.165) is 25.7 Å². The maximum absolute atomic E-state index is 12.6. The van der Waals surface area contributed by atoms with Gasteiger partial charge >= 0.3 is 12.8 Å². The van der Waals surface area contributed by atoms with Gasteiger partial charge in [0.15, 0.2) is 0 Å². The molecule has 0 heterocycles. The number of carbonyl (C=O) groups is 1. The van der Waals surface area contributed by atoms with Gasteiger partial charge in [-0.15, -0.1) is 0 Å². The molecular weight excluding hydrogens is 337 g/mol. The number of halogens is 1. The molecule has 0 aromatic heterocycles. The number of para-hydroxylation sites is 1. The Morgan fingerprint density at radius 3 is 2.57 bits per heavy atom. The molecule has 1 aromatic rings. The van der Waals surface area contributed by atoms with Crippen LogP contribution in [0.4, 0.5) is 0 Å². The number of esters is 1. The zero-order chi connectivity index (χ0) is 16.8. The highest BCUT2D eigenvalue weighted by molar-refractivity contribution is 7.84. The van der Waals surface area contributed by atoms with Crippen LogP contribution in [-0.4, -0.2) is 18.1 Å². The summed E-state index contributed by atoms with van der Waals surface area (Å²) in [5, 5.41) is 2.77. The van der Waals surface area contributed by atoms with E-state index < -0.39 is 12.4 Å². The summed E-state index contributed by atoms with van der Waals surface area (Å²) >= 11 is 6.06. The van der Waals surface area contributed by atoms with Gasteiger partial charge in [-0.3, -0.25) is 4.79 Å². The maximum atomic E-state index is 12.6. The van der Waals surface area contributed by atoms with Gasteiger partial charge in [0.1, 0.15) is 11.3 Å². The number of benzene rings is 1. The zero-order valence-corrected chi connectivity index (χ0v) is 14.9. The monoisotopic (exact) mass is 359 g/mol. The molecule has 1 unspecified atom stereocenters. The summed E-state index contributed by atoms with van der Waals surface area (Å²) in [6, 6.07) is 8.67. The minimum atomic E-state index is -3.70. The maximum Gasteiger partial charge on any atom is 0.410 e. The first kappa shape index (κ1) is 18.3. The van der Waals surface area contributed by atoms with E-state index in [1.807, 2.05) is 13.0 Å². The molecule has 1 aliphatic carbocycles. The normalized spacial score (nSPS) is 19.0. The van der Waals surface area contributed by atoms with Gasteiger partial charge in [0.05, 0.1) is 6.61 Å². The van der Waals surface area contributed by atoms with Crippen LogP contribution in [0, 0.1) is 0 Å². The van der Waals surface area contributed by atoms with Crippen LogP contribution < -0.4 is 9.61 Å². The molecule has 0 saturated heterocycles. The Labute approximate surface area is 142 Å². The summed E-state index contributed by atoms with van der Waals surface area (Å²) in [5.74, 6) is 0.00631. The fourth-order valence-corrected chi connectivity index (χ4v) is 4.67. The van der Waals surface area contributed by atoms with Crippen molar-refractivity contribution in [2.75, 3.05) is 6.61 Å². The van der Waals surface area contributed by atoms with Gasteiger partial charge in [0.2, 0.25) is 0 Å². The van der Waals surface area contributed by atoms with Crippen LogP contribution in [0.3, 0.4) is 0 Å². The molecule has 0 amide bonds. The molecule has 0 spiro atoms. The summed E-state index contributed by atoms with van der Waals surface area (Å²) in [6.07, 6.45) is 4.57. The SMILES string of the molecule is CCCCOC(=O)C1(NP(=O)(Cl)Oc2ccccc2)CCCC1. The molecule has 5 nitrogen and oxygen atoms in total. The number of hydrogen-bond donors (Lipinski definition) is 1. The first-order valence-electron chi connectivity index (χ1n) is 7.98. The molecule has 1 fully saturated rings. The van der Waals surface area contributed by atoms with Crippen molar-refractivity contribution < 1.29 is 18.6 Å². The smallest absolute Gasteiger partial charge is 0.410 e. The van der Waals surface area contributed by atoms with Gasteiger partial charge in [-0.05, 0) is 31.4 Å². The predicted molar refractivity (Wildman–Crippen MR) is 90.7 cm³/mol. The lowest BCUT2D eigenvalue weighted by Crippen LogP contribution is -2.49. The van der Waals surface area contributed by atoms with E-state index in [1.54, 1.807) is 24.3 Å². The molecule has 1 aromatic carbocycles. The van der Waals surface area contributed by atoms with Gasteiger partial charge in [-0.25, -0.2) is 9.65 Å². The molecule has 0 bridgehead atoms. The lowest BCUT2D eigenvalue weighted by atomic mass is 10.00. The van der Waals surface area contributed by atoms with E-state index >= 15 is 0 Å². The van der Waals surface area contributed by atoms with Crippen molar-refractivity contribution in [2.24, 2.45) is 0 Å². The largest absolute Gasteiger partial charge is 0.464 e. The van der Waals surface area contributed by atoms with Gasteiger partial charge in [-0.1, -0.05) is 44.4 Å². The second kappa shape index (κ2) is 8.18. The standard InChI is InChI=1S/C16H23ClNO4P/c1-2-3-13-21-15(19)16(11-7-8-12-16)18-23(17,20)22-14-9-5-4-6-10-14/h4-6,9-10H,2-3,7-8,11-13H2,1H3,(H,18,20). The summed E-state index contributed by atoms with van der Waals surface area (Å²) in [5.41, 5.74) is -1.01. The Hall–Kier alpha value is -1.03. The van der Waals surface area contributed by atoms with E-state index in [-0.39, 0.29) is 5.97 Å². The van der Waals surface area contributed by atoms with Crippen molar-refractivity contribution in [3.8, 4) is 5.75 Å². The van der Waals surface area contributed by atoms with Crippen molar-refractivity contribution in [3.05, 3.63) is 30.3 Å². The van der Waals surface area contributed by atoms with Crippen LogP contribution in [0.25, 0.3) is 0 Å². The Morgan fingerprint density at radius 2 is 1.96 bits per heavy atom. The van der Waals surface area contributed by atoms with E-state index in [1.165, 1.54) is 0 Å². The Balaban J connectivity index is 2.05. The highest BCUT2D eigenvalue weighted by Gasteiger charge is 2.47. The van der Waals surface area contributed by atoms with Crippen molar-refractivity contribution in [3.63, 3.8) is 0 Å². The molecule has 0 radical (unpaired) electrons. The fourth-order valence-electron chi connectivity index (χ4n) is 2.68. The van der Waals surface area contributed by atoms with Crippen LogP contribution in [0.2, 0.25) is 0 Å². The molecule has 7 heteroatoms. The van der Waals surface area contributed by atoms with E-state index in [9.17, 15) is 9.36 Å². The third-order valence-corrected chi connectivity index (χ3v) is 5.49. The van der Waals surface area contributed by atoms with E-state index in [4.69, 9.17) is 20.5 Å². The fraction of sp³-hybridized carbons (Fsp3) is 0.562. The van der Waals surface area contributed by atoms with Crippen molar-refractivity contribution in [1.29, 1.82) is 0 Å². The molecule has 1 N–H and O–H groups in total. The summed E-state index contributed by atoms with van der Waals surface area (Å²) in [7, 11) is 0. The zero-order valence-electron chi connectivity index (χ0n) is 13.3.